The summed E-state index contributed by atoms with van der Waals surface area (Å²) in [7, 11) is 1.96. The second-order valence-electron chi connectivity index (χ2n) is 4.71. The Bertz CT molecular complexity index is 373. The van der Waals surface area contributed by atoms with Crippen molar-refractivity contribution < 1.29 is 5.11 Å². The fraction of sp³-hybridized carbons (Fsp3) is 0.750. The number of rotatable bonds is 2. The lowest BCUT2D eigenvalue weighted by atomic mass is 10.0. The summed E-state index contributed by atoms with van der Waals surface area (Å²) in [6.07, 6.45) is 3.78. The minimum atomic E-state index is 0.0816. The summed E-state index contributed by atoms with van der Waals surface area (Å²) < 4.78 is 1.91. The number of aryl methyl sites for hydroxylation is 2. The van der Waals surface area contributed by atoms with E-state index in [9.17, 15) is 5.11 Å². The topological polar surface area (TPSA) is 41.3 Å². The third-order valence-corrected chi connectivity index (χ3v) is 3.55. The van der Waals surface area contributed by atoms with E-state index in [2.05, 4.69) is 16.9 Å². The monoisotopic (exact) mass is 223 g/mol. The van der Waals surface area contributed by atoms with E-state index in [1.165, 1.54) is 19.3 Å². The maximum Gasteiger partial charge on any atom is 0.132 e. The molecule has 0 spiro atoms. The first-order valence-electron chi connectivity index (χ1n) is 6.05. The molecule has 4 heteroatoms. The third-order valence-electron chi connectivity index (χ3n) is 3.55. The zero-order valence-electron chi connectivity index (χ0n) is 10.4. The summed E-state index contributed by atoms with van der Waals surface area (Å²) >= 11 is 0. The molecular formula is C12H21N3O. The number of aliphatic hydroxyl groups excluding tert-OH is 1. The van der Waals surface area contributed by atoms with Gasteiger partial charge in [-0.05, 0) is 33.1 Å². The van der Waals surface area contributed by atoms with E-state index in [-0.39, 0.29) is 6.61 Å². The van der Waals surface area contributed by atoms with Gasteiger partial charge in [0.15, 0.2) is 0 Å². The van der Waals surface area contributed by atoms with Gasteiger partial charge in [0, 0.05) is 25.2 Å². The lowest BCUT2D eigenvalue weighted by Gasteiger charge is -2.35. The van der Waals surface area contributed by atoms with Gasteiger partial charge < -0.3 is 10.0 Å². The van der Waals surface area contributed by atoms with Crippen molar-refractivity contribution in [1.29, 1.82) is 0 Å². The Morgan fingerprint density at radius 1 is 1.44 bits per heavy atom. The van der Waals surface area contributed by atoms with Crippen LogP contribution in [0.2, 0.25) is 0 Å². The van der Waals surface area contributed by atoms with Crippen LogP contribution in [0.1, 0.15) is 37.4 Å². The van der Waals surface area contributed by atoms with Crippen LogP contribution < -0.4 is 4.90 Å². The molecule has 1 aromatic heterocycles. The number of aromatic nitrogens is 2. The molecular weight excluding hydrogens is 202 g/mol. The molecule has 4 nitrogen and oxygen atoms in total. The van der Waals surface area contributed by atoms with Crippen molar-refractivity contribution in [2.75, 3.05) is 11.4 Å². The third kappa shape index (κ3) is 1.82. The molecule has 1 unspecified atom stereocenters. The van der Waals surface area contributed by atoms with E-state index < -0.39 is 0 Å². The van der Waals surface area contributed by atoms with Crippen molar-refractivity contribution >= 4 is 5.82 Å². The summed E-state index contributed by atoms with van der Waals surface area (Å²) in [5.74, 6) is 1.10. The Morgan fingerprint density at radius 2 is 2.19 bits per heavy atom. The van der Waals surface area contributed by atoms with Gasteiger partial charge >= 0.3 is 0 Å². The summed E-state index contributed by atoms with van der Waals surface area (Å²) in [4.78, 5) is 2.38. The number of anilines is 1. The quantitative estimate of drug-likeness (QED) is 0.828. The molecule has 0 bridgehead atoms. The van der Waals surface area contributed by atoms with Crippen molar-refractivity contribution in [2.24, 2.45) is 7.05 Å². The van der Waals surface area contributed by atoms with Crippen molar-refractivity contribution in [3.8, 4) is 0 Å². The highest BCUT2D eigenvalue weighted by molar-refractivity contribution is 5.50. The molecule has 1 aromatic rings. The Balaban J connectivity index is 2.37. The summed E-state index contributed by atoms with van der Waals surface area (Å²) in [6.45, 7) is 5.37. The molecule has 0 radical (unpaired) electrons. The van der Waals surface area contributed by atoms with Gasteiger partial charge in [-0.3, -0.25) is 4.68 Å². The van der Waals surface area contributed by atoms with E-state index in [1.807, 2.05) is 18.7 Å². The largest absolute Gasteiger partial charge is 0.391 e. The number of hydrogen-bond acceptors (Lipinski definition) is 3. The standard InChI is InChI=1S/C12H21N3O/c1-9-6-4-5-7-15(9)12-11(8-16)10(2)13-14(12)3/h9,16H,4-8H2,1-3H3. The van der Waals surface area contributed by atoms with Gasteiger partial charge in [0.25, 0.3) is 0 Å². The zero-order chi connectivity index (χ0) is 11.7. The van der Waals surface area contributed by atoms with Crippen LogP contribution in [-0.4, -0.2) is 27.5 Å². The Morgan fingerprint density at radius 3 is 2.81 bits per heavy atom. The van der Waals surface area contributed by atoms with Crippen LogP contribution >= 0.6 is 0 Å². The predicted molar refractivity (Wildman–Crippen MR) is 64.5 cm³/mol. The highest BCUT2D eigenvalue weighted by atomic mass is 16.3. The first-order chi connectivity index (χ1) is 7.65. The molecule has 0 aliphatic carbocycles. The maximum absolute atomic E-state index is 9.45. The van der Waals surface area contributed by atoms with Crippen molar-refractivity contribution in [2.45, 2.75) is 45.8 Å². The smallest absolute Gasteiger partial charge is 0.132 e. The zero-order valence-corrected chi connectivity index (χ0v) is 10.4. The first kappa shape index (κ1) is 11.5. The van der Waals surface area contributed by atoms with Gasteiger partial charge in [-0.1, -0.05) is 0 Å². The number of nitrogens with zero attached hydrogens (tertiary/aromatic N) is 3. The van der Waals surface area contributed by atoms with E-state index in [4.69, 9.17) is 0 Å². The van der Waals surface area contributed by atoms with Gasteiger partial charge in [0.05, 0.1) is 12.3 Å². The van der Waals surface area contributed by atoms with Gasteiger partial charge in [-0.2, -0.15) is 5.10 Å². The van der Waals surface area contributed by atoms with Gasteiger partial charge in [0.2, 0.25) is 0 Å². The molecule has 1 fully saturated rings. The predicted octanol–water partition coefficient (Wildman–Crippen LogP) is 1.60. The summed E-state index contributed by atoms with van der Waals surface area (Å²) in [6, 6.07) is 0.550. The second kappa shape index (κ2) is 4.45. The van der Waals surface area contributed by atoms with E-state index in [1.54, 1.807) is 0 Å². The summed E-state index contributed by atoms with van der Waals surface area (Å²) in [5.41, 5.74) is 1.93. The molecule has 2 rings (SSSR count). The van der Waals surface area contributed by atoms with Crippen molar-refractivity contribution in [3.05, 3.63) is 11.3 Å². The average molecular weight is 223 g/mol. The van der Waals surface area contributed by atoms with E-state index in [0.29, 0.717) is 6.04 Å². The second-order valence-corrected chi connectivity index (χ2v) is 4.71. The van der Waals surface area contributed by atoms with Gasteiger partial charge in [-0.15, -0.1) is 0 Å². The van der Waals surface area contributed by atoms with E-state index >= 15 is 0 Å². The molecule has 2 heterocycles. The van der Waals surface area contributed by atoms with Crippen LogP contribution in [0.3, 0.4) is 0 Å². The summed E-state index contributed by atoms with van der Waals surface area (Å²) in [5, 5.41) is 13.9. The molecule has 1 N–H and O–H groups in total. The average Bonchev–Trinajstić information content (AvgIpc) is 2.54. The number of hydrogen-bond donors (Lipinski definition) is 1. The van der Waals surface area contributed by atoms with Crippen molar-refractivity contribution in [1.82, 2.24) is 9.78 Å². The molecule has 90 valence electrons. The Labute approximate surface area is 96.9 Å². The van der Waals surface area contributed by atoms with Crippen LogP contribution in [0.5, 0.6) is 0 Å². The molecule has 0 saturated carbocycles. The molecule has 0 amide bonds. The molecule has 1 aliphatic heterocycles. The Hall–Kier alpha value is -1.03. The fourth-order valence-electron chi connectivity index (χ4n) is 2.65. The number of aliphatic hydroxyl groups is 1. The van der Waals surface area contributed by atoms with Gasteiger partial charge in [-0.25, -0.2) is 0 Å². The molecule has 1 saturated heterocycles. The van der Waals surface area contributed by atoms with Gasteiger partial charge in [0.1, 0.15) is 5.82 Å². The minimum Gasteiger partial charge on any atom is -0.391 e. The number of piperidine rings is 1. The fourth-order valence-corrected chi connectivity index (χ4v) is 2.65. The van der Waals surface area contributed by atoms with Crippen LogP contribution in [0.15, 0.2) is 0 Å². The minimum absolute atomic E-state index is 0.0816. The molecule has 1 atom stereocenters. The lowest BCUT2D eigenvalue weighted by molar-refractivity contribution is 0.280. The first-order valence-corrected chi connectivity index (χ1v) is 6.05. The van der Waals surface area contributed by atoms with Crippen LogP contribution in [0, 0.1) is 6.92 Å². The van der Waals surface area contributed by atoms with Crippen LogP contribution in [0.4, 0.5) is 5.82 Å². The highest BCUT2D eigenvalue weighted by Crippen LogP contribution is 2.29. The molecule has 1 aliphatic rings. The molecule has 0 aromatic carbocycles. The normalized spacial score (nSPS) is 21.5. The van der Waals surface area contributed by atoms with Crippen molar-refractivity contribution in [3.63, 3.8) is 0 Å². The highest BCUT2D eigenvalue weighted by Gasteiger charge is 2.24. The van der Waals surface area contributed by atoms with E-state index in [0.717, 1.165) is 23.6 Å². The van der Waals surface area contributed by atoms with Crippen LogP contribution in [0.25, 0.3) is 0 Å². The Kier molecular flexibility index (Phi) is 3.19. The van der Waals surface area contributed by atoms with Crippen LogP contribution in [-0.2, 0) is 13.7 Å². The SMILES string of the molecule is Cc1nn(C)c(N2CCCCC2C)c1CO. The lowest BCUT2D eigenvalue weighted by Crippen LogP contribution is -2.39. The molecule has 16 heavy (non-hydrogen) atoms. The maximum atomic E-state index is 9.45.